The molecule has 0 saturated carbocycles. The van der Waals surface area contributed by atoms with Crippen LogP contribution < -0.4 is 4.90 Å². The predicted octanol–water partition coefficient (Wildman–Crippen LogP) is 3.40. The summed E-state index contributed by atoms with van der Waals surface area (Å²) in [6.45, 7) is 2.09. The second-order valence-electron chi connectivity index (χ2n) is 7.05. The topological polar surface area (TPSA) is 57.7 Å². The van der Waals surface area contributed by atoms with Gasteiger partial charge in [-0.15, -0.1) is 0 Å². The Morgan fingerprint density at radius 1 is 1.11 bits per heavy atom. The van der Waals surface area contributed by atoms with Crippen LogP contribution in [-0.4, -0.2) is 42.9 Å². The third-order valence-corrected chi connectivity index (χ3v) is 7.28. The van der Waals surface area contributed by atoms with Gasteiger partial charge in [0, 0.05) is 17.3 Å². The standard InChI is InChI=1S/C19H18ClFN2O3S/c1-12-2-7-15(8-16(12)20)23-18-11-27(25,26)10-17(18)22(19(23)24)9-13-3-5-14(21)6-4-13/h2-8,17-18H,9-11H2,1H3/t17-,18-/m0/s1. The highest BCUT2D eigenvalue weighted by atomic mass is 35.5. The second-order valence-corrected chi connectivity index (χ2v) is 9.61. The van der Waals surface area contributed by atoms with Gasteiger partial charge in [0.15, 0.2) is 9.84 Å². The number of urea groups is 1. The van der Waals surface area contributed by atoms with Gasteiger partial charge in [-0.25, -0.2) is 17.6 Å². The van der Waals surface area contributed by atoms with Crippen molar-refractivity contribution in [3.63, 3.8) is 0 Å². The zero-order valence-corrected chi connectivity index (χ0v) is 16.2. The second kappa shape index (κ2) is 6.49. The first-order chi connectivity index (χ1) is 12.7. The number of hydrogen-bond acceptors (Lipinski definition) is 3. The van der Waals surface area contributed by atoms with E-state index >= 15 is 0 Å². The number of carbonyl (C=O) groups is 1. The fraction of sp³-hybridized carbons (Fsp3) is 0.316. The lowest BCUT2D eigenvalue weighted by molar-refractivity contribution is 0.206. The van der Waals surface area contributed by atoms with E-state index in [1.165, 1.54) is 17.0 Å². The third kappa shape index (κ3) is 3.30. The number of nitrogens with zero attached hydrogens (tertiary/aromatic N) is 2. The van der Waals surface area contributed by atoms with Crippen LogP contribution in [0.4, 0.5) is 14.9 Å². The number of anilines is 1. The molecule has 2 fully saturated rings. The normalized spacial score (nSPS) is 23.7. The number of halogens is 2. The van der Waals surface area contributed by atoms with Gasteiger partial charge in [-0.05, 0) is 42.3 Å². The molecule has 2 heterocycles. The van der Waals surface area contributed by atoms with Gasteiger partial charge in [-0.2, -0.15) is 0 Å². The first-order valence-electron chi connectivity index (χ1n) is 8.56. The van der Waals surface area contributed by atoms with Crippen molar-refractivity contribution in [2.24, 2.45) is 0 Å². The van der Waals surface area contributed by atoms with Crippen molar-refractivity contribution < 1.29 is 17.6 Å². The van der Waals surface area contributed by atoms with Gasteiger partial charge in [0.05, 0.1) is 23.6 Å². The Kier molecular flexibility index (Phi) is 4.39. The minimum Gasteiger partial charge on any atom is -0.314 e. The van der Waals surface area contributed by atoms with Crippen LogP contribution >= 0.6 is 11.6 Å². The van der Waals surface area contributed by atoms with Crippen molar-refractivity contribution in [2.45, 2.75) is 25.6 Å². The van der Waals surface area contributed by atoms with E-state index < -0.39 is 21.9 Å². The predicted molar refractivity (Wildman–Crippen MR) is 102 cm³/mol. The molecule has 0 aromatic heterocycles. The summed E-state index contributed by atoms with van der Waals surface area (Å²) >= 11 is 6.21. The molecule has 0 unspecified atom stereocenters. The maximum atomic E-state index is 13.2. The van der Waals surface area contributed by atoms with E-state index in [4.69, 9.17) is 11.6 Å². The number of rotatable bonds is 3. The zero-order valence-electron chi connectivity index (χ0n) is 14.6. The first kappa shape index (κ1) is 18.3. The van der Waals surface area contributed by atoms with Crippen LogP contribution in [0.2, 0.25) is 5.02 Å². The Hall–Kier alpha value is -2.12. The van der Waals surface area contributed by atoms with Crippen molar-refractivity contribution >= 4 is 33.2 Å². The van der Waals surface area contributed by atoms with Crippen molar-refractivity contribution in [1.82, 2.24) is 4.90 Å². The zero-order chi connectivity index (χ0) is 19.3. The monoisotopic (exact) mass is 408 g/mol. The summed E-state index contributed by atoms with van der Waals surface area (Å²) in [5.74, 6) is -0.501. The van der Waals surface area contributed by atoms with Crippen molar-refractivity contribution in [3.8, 4) is 0 Å². The van der Waals surface area contributed by atoms with Gasteiger partial charge in [-0.3, -0.25) is 4.90 Å². The molecule has 0 bridgehead atoms. The summed E-state index contributed by atoms with van der Waals surface area (Å²) in [6, 6.07) is 10.00. The molecule has 2 aromatic rings. The number of amides is 2. The number of hydrogen-bond donors (Lipinski definition) is 0. The average molecular weight is 409 g/mol. The molecule has 2 aromatic carbocycles. The minimum atomic E-state index is -3.25. The van der Waals surface area contributed by atoms with Crippen molar-refractivity contribution in [3.05, 3.63) is 64.4 Å². The molecule has 2 aliphatic rings. The van der Waals surface area contributed by atoms with Crippen LogP contribution in [0.5, 0.6) is 0 Å². The largest absolute Gasteiger partial charge is 0.325 e. The summed E-state index contributed by atoms with van der Waals surface area (Å²) in [4.78, 5) is 16.2. The Morgan fingerprint density at radius 2 is 1.78 bits per heavy atom. The van der Waals surface area contributed by atoms with Gasteiger partial charge in [-0.1, -0.05) is 29.8 Å². The van der Waals surface area contributed by atoms with Gasteiger partial charge in [0.25, 0.3) is 0 Å². The number of benzene rings is 2. The maximum Gasteiger partial charge on any atom is 0.325 e. The van der Waals surface area contributed by atoms with Gasteiger partial charge in [0.1, 0.15) is 5.82 Å². The van der Waals surface area contributed by atoms with E-state index in [2.05, 4.69) is 0 Å². The summed E-state index contributed by atoms with van der Waals surface area (Å²) in [5, 5.41) is 0.523. The number of sulfone groups is 1. The fourth-order valence-corrected chi connectivity index (χ4v) is 5.91. The summed E-state index contributed by atoms with van der Waals surface area (Å²) in [7, 11) is -3.25. The first-order valence-corrected chi connectivity index (χ1v) is 10.8. The minimum absolute atomic E-state index is 0.0688. The average Bonchev–Trinajstić information content (AvgIpc) is 3.03. The lowest BCUT2D eigenvalue weighted by atomic mass is 10.1. The molecular weight excluding hydrogens is 391 g/mol. The summed E-state index contributed by atoms with van der Waals surface area (Å²) in [5.41, 5.74) is 2.21. The van der Waals surface area contributed by atoms with E-state index in [1.807, 2.05) is 13.0 Å². The molecule has 142 valence electrons. The molecule has 2 aliphatic heterocycles. The van der Waals surface area contributed by atoms with Crippen LogP contribution in [0.25, 0.3) is 0 Å². The molecule has 27 heavy (non-hydrogen) atoms. The molecule has 2 saturated heterocycles. The van der Waals surface area contributed by atoms with Crippen LogP contribution in [0.3, 0.4) is 0 Å². The highest BCUT2D eigenvalue weighted by Gasteiger charge is 2.53. The number of carbonyl (C=O) groups excluding carboxylic acids is 1. The molecule has 2 amide bonds. The van der Waals surface area contributed by atoms with Crippen molar-refractivity contribution in [1.29, 1.82) is 0 Å². The highest BCUT2D eigenvalue weighted by molar-refractivity contribution is 7.91. The fourth-order valence-electron chi connectivity index (χ4n) is 3.78. The lowest BCUT2D eigenvalue weighted by Crippen LogP contribution is -2.37. The van der Waals surface area contributed by atoms with Crippen LogP contribution in [-0.2, 0) is 16.4 Å². The Morgan fingerprint density at radius 3 is 2.44 bits per heavy atom. The van der Waals surface area contributed by atoms with Gasteiger partial charge < -0.3 is 4.90 Å². The van der Waals surface area contributed by atoms with E-state index in [0.717, 1.165) is 11.1 Å². The number of fused-ring (bicyclic) bond motifs is 1. The third-order valence-electron chi connectivity index (χ3n) is 5.18. The molecule has 0 aliphatic carbocycles. The van der Waals surface area contributed by atoms with E-state index in [1.54, 1.807) is 29.2 Å². The van der Waals surface area contributed by atoms with Gasteiger partial charge >= 0.3 is 6.03 Å². The Bertz CT molecular complexity index is 1010. The van der Waals surface area contributed by atoms with E-state index in [9.17, 15) is 17.6 Å². The van der Waals surface area contributed by atoms with Crippen LogP contribution in [0, 0.1) is 12.7 Å². The molecule has 0 radical (unpaired) electrons. The highest BCUT2D eigenvalue weighted by Crippen LogP contribution is 2.37. The molecule has 0 N–H and O–H groups in total. The maximum absolute atomic E-state index is 13.2. The van der Waals surface area contributed by atoms with E-state index in [0.29, 0.717) is 10.7 Å². The van der Waals surface area contributed by atoms with Gasteiger partial charge in [0.2, 0.25) is 0 Å². The number of aryl methyl sites for hydroxylation is 1. The molecule has 4 rings (SSSR count). The summed E-state index contributed by atoms with van der Waals surface area (Å²) in [6.07, 6.45) is 0. The molecule has 8 heteroatoms. The quantitative estimate of drug-likeness (QED) is 0.731. The lowest BCUT2D eigenvalue weighted by Gasteiger charge is -2.23. The van der Waals surface area contributed by atoms with Crippen molar-refractivity contribution in [2.75, 3.05) is 16.4 Å². The summed E-state index contributed by atoms with van der Waals surface area (Å²) < 4.78 is 37.7. The molecular formula is C19H18ClFN2O3S. The van der Waals surface area contributed by atoms with E-state index in [-0.39, 0.29) is 29.9 Å². The molecule has 0 spiro atoms. The Balaban J connectivity index is 1.71. The molecule has 2 atom stereocenters. The van der Waals surface area contributed by atoms with Crippen LogP contribution in [0.1, 0.15) is 11.1 Å². The Labute approximate surface area is 162 Å². The SMILES string of the molecule is Cc1ccc(N2C(=O)N(Cc3ccc(F)cc3)[C@H]3CS(=O)(=O)C[C@@H]32)cc1Cl. The smallest absolute Gasteiger partial charge is 0.314 e. The van der Waals surface area contributed by atoms with Crippen LogP contribution in [0.15, 0.2) is 42.5 Å². The molecule has 5 nitrogen and oxygen atoms in total.